The highest BCUT2D eigenvalue weighted by Crippen LogP contribution is 2.10. The predicted octanol–water partition coefficient (Wildman–Crippen LogP) is 0.0127. The van der Waals surface area contributed by atoms with E-state index >= 15 is 0 Å². The second kappa shape index (κ2) is 8.02. The van der Waals surface area contributed by atoms with Gasteiger partial charge in [0.05, 0.1) is 19.3 Å². The number of hydrogen-bond donors (Lipinski definition) is 2. The van der Waals surface area contributed by atoms with Crippen LogP contribution in [0.25, 0.3) is 0 Å². The summed E-state index contributed by atoms with van der Waals surface area (Å²) < 4.78 is 10.4. The molecule has 0 aliphatic heterocycles. The Labute approximate surface area is 107 Å². The third-order valence-electron chi connectivity index (χ3n) is 2.42. The van der Waals surface area contributed by atoms with Gasteiger partial charge in [-0.15, -0.1) is 5.10 Å². The van der Waals surface area contributed by atoms with Gasteiger partial charge in [0.25, 0.3) is 0 Å². The summed E-state index contributed by atoms with van der Waals surface area (Å²) in [5.74, 6) is 0.546. The number of nitrogens with one attached hydrogen (secondary N) is 1. The van der Waals surface area contributed by atoms with Crippen molar-refractivity contribution < 1.29 is 14.3 Å². The predicted molar refractivity (Wildman–Crippen MR) is 67.4 cm³/mol. The van der Waals surface area contributed by atoms with Crippen molar-refractivity contribution in [3.63, 3.8) is 0 Å². The van der Waals surface area contributed by atoms with E-state index in [4.69, 9.17) is 9.15 Å². The van der Waals surface area contributed by atoms with Crippen LogP contribution in [0.4, 0.5) is 6.01 Å². The van der Waals surface area contributed by atoms with E-state index in [0.29, 0.717) is 38.0 Å². The van der Waals surface area contributed by atoms with Crippen LogP contribution in [0.15, 0.2) is 4.42 Å². The lowest BCUT2D eigenvalue weighted by atomic mass is 10.3. The van der Waals surface area contributed by atoms with Crippen molar-refractivity contribution >= 4 is 6.01 Å². The Hall–Kier alpha value is -1.18. The molecule has 7 nitrogen and oxygen atoms in total. The van der Waals surface area contributed by atoms with E-state index in [1.807, 2.05) is 11.9 Å². The summed E-state index contributed by atoms with van der Waals surface area (Å²) in [4.78, 5) is 1.83. The van der Waals surface area contributed by atoms with Crippen LogP contribution >= 0.6 is 0 Å². The van der Waals surface area contributed by atoms with Gasteiger partial charge in [-0.25, -0.2) is 0 Å². The molecule has 0 radical (unpaired) electrons. The molecule has 0 aliphatic carbocycles. The van der Waals surface area contributed by atoms with Crippen molar-refractivity contribution in [2.24, 2.45) is 0 Å². The van der Waals surface area contributed by atoms with Crippen LogP contribution in [0.5, 0.6) is 0 Å². The molecule has 7 heteroatoms. The summed E-state index contributed by atoms with van der Waals surface area (Å²) in [6.45, 7) is 4.35. The molecule has 1 atom stereocenters. The lowest BCUT2D eigenvalue weighted by Crippen LogP contribution is -2.22. The Kier molecular flexibility index (Phi) is 6.63. The maximum atomic E-state index is 9.20. The second-order valence-electron chi connectivity index (χ2n) is 4.21. The molecular weight excluding hydrogens is 236 g/mol. The Morgan fingerprint density at radius 2 is 2.28 bits per heavy atom. The summed E-state index contributed by atoms with van der Waals surface area (Å²) in [6, 6.07) is 0.471. The lowest BCUT2D eigenvalue weighted by molar-refractivity contribution is 0.186. The Morgan fingerprint density at radius 1 is 1.50 bits per heavy atom. The van der Waals surface area contributed by atoms with Crippen LogP contribution in [0.3, 0.4) is 0 Å². The van der Waals surface area contributed by atoms with Gasteiger partial charge in [-0.2, -0.15) is 0 Å². The van der Waals surface area contributed by atoms with Crippen LogP contribution in [-0.2, 0) is 11.3 Å². The number of ether oxygens (including phenoxy) is 1. The fraction of sp³-hybridized carbons (Fsp3) is 0.818. The summed E-state index contributed by atoms with van der Waals surface area (Å²) in [5.41, 5.74) is 0. The van der Waals surface area contributed by atoms with Crippen LogP contribution in [-0.4, -0.2) is 55.3 Å². The Morgan fingerprint density at radius 3 is 2.94 bits per heavy atom. The molecule has 0 fully saturated rings. The molecule has 18 heavy (non-hydrogen) atoms. The number of hydrogen-bond acceptors (Lipinski definition) is 7. The van der Waals surface area contributed by atoms with Crippen LogP contribution in [0.2, 0.25) is 0 Å². The number of aliphatic hydroxyl groups is 1. The van der Waals surface area contributed by atoms with Gasteiger partial charge in [0.1, 0.15) is 0 Å². The number of methoxy groups -OCH3 is 1. The molecule has 0 amide bonds. The highest BCUT2D eigenvalue weighted by Gasteiger charge is 2.10. The summed E-state index contributed by atoms with van der Waals surface area (Å²) in [6.07, 6.45) is 0.339. The third-order valence-corrected chi connectivity index (χ3v) is 2.42. The first-order chi connectivity index (χ1) is 8.63. The van der Waals surface area contributed by atoms with Gasteiger partial charge in [0.15, 0.2) is 0 Å². The average molecular weight is 258 g/mol. The van der Waals surface area contributed by atoms with E-state index < -0.39 is 0 Å². The van der Waals surface area contributed by atoms with E-state index in [2.05, 4.69) is 15.5 Å². The number of rotatable bonds is 9. The average Bonchev–Trinajstić information content (AvgIpc) is 2.80. The van der Waals surface area contributed by atoms with Crippen LogP contribution in [0, 0.1) is 0 Å². The minimum absolute atomic E-state index is 0.328. The van der Waals surface area contributed by atoms with Gasteiger partial charge in [0, 0.05) is 27.2 Å². The quantitative estimate of drug-likeness (QED) is 0.604. The first-order valence-corrected chi connectivity index (χ1v) is 6.04. The van der Waals surface area contributed by atoms with Crippen LogP contribution in [0.1, 0.15) is 19.2 Å². The minimum Gasteiger partial charge on any atom is -0.407 e. The van der Waals surface area contributed by atoms with Crippen molar-refractivity contribution in [1.82, 2.24) is 15.5 Å². The lowest BCUT2D eigenvalue weighted by Gasteiger charge is -2.14. The molecule has 1 rings (SSSR count). The van der Waals surface area contributed by atoms with E-state index in [1.165, 1.54) is 0 Å². The molecule has 1 aromatic heterocycles. The molecule has 2 N–H and O–H groups in total. The van der Waals surface area contributed by atoms with Crippen molar-refractivity contribution in [2.45, 2.75) is 26.0 Å². The van der Waals surface area contributed by atoms with Crippen LogP contribution < -0.4 is 10.2 Å². The molecule has 1 unspecified atom stereocenters. The minimum atomic E-state index is -0.328. The van der Waals surface area contributed by atoms with Crippen molar-refractivity contribution in [2.75, 3.05) is 38.8 Å². The molecule has 0 aromatic carbocycles. The monoisotopic (exact) mass is 258 g/mol. The largest absolute Gasteiger partial charge is 0.407 e. The van der Waals surface area contributed by atoms with Gasteiger partial charge < -0.3 is 24.5 Å². The number of nitrogens with zero attached hydrogens (tertiary/aromatic N) is 3. The number of anilines is 1. The molecule has 1 heterocycles. The van der Waals surface area contributed by atoms with Gasteiger partial charge in [0.2, 0.25) is 5.89 Å². The molecule has 104 valence electrons. The van der Waals surface area contributed by atoms with E-state index in [0.717, 1.165) is 6.54 Å². The standard InChI is InChI=1S/C11H22N4O3/c1-9(16)4-6-15(2)11-14-13-10(18-11)8-12-5-7-17-3/h9,12,16H,4-8H2,1-3H3. The highest BCUT2D eigenvalue weighted by atomic mass is 16.5. The molecule has 0 saturated carbocycles. The first kappa shape index (κ1) is 14.9. The topological polar surface area (TPSA) is 83.7 Å². The second-order valence-corrected chi connectivity index (χ2v) is 4.21. The first-order valence-electron chi connectivity index (χ1n) is 6.04. The fourth-order valence-corrected chi connectivity index (χ4v) is 1.32. The zero-order valence-corrected chi connectivity index (χ0v) is 11.2. The molecular formula is C11H22N4O3. The van der Waals surface area contributed by atoms with Crippen molar-refractivity contribution in [1.29, 1.82) is 0 Å². The van der Waals surface area contributed by atoms with Crippen molar-refractivity contribution in [3.8, 4) is 0 Å². The van der Waals surface area contributed by atoms with E-state index in [9.17, 15) is 5.11 Å². The SMILES string of the molecule is COCCNCc1nnc(N(C)CCC(C)O)o1. The van der Waals surface area contributed by atoms with Gasteiger partial charge in [-0.1, -0.05) is 5.10 Å². The highest BCUT2D eigenvalue weighted by molar-refractivity contribution is 5.21. The molecule has 0 aliphatic rings. The van der Waals surface area contributed by atoms with Gasteiger partial charge in [-0.3, -0.25) is 0 Å². The number of aliphatic hydroxyl groups excluding tert-OH is 1. The molecule has 0 spiro atoms. The van der Waals surface area contributed by atoms with Crippen molar-refractivity contribution in [3.05, 3.63) is 5.89 Å². The van der Waals surface area contributed by atoms with E-state index in [-0.39, 0.29) is 6.10 Å². The molecule has 1 aromatic rings. The fourth-order valence-electron chi connectivity index (χ4n) is 1.32. The van der Waals surface area contributed by atoms with Gasteiger partial charge >= 0.3 is 6.01 Å². The maximum Gasteiger partial charge on any atom is 0.317 e. The summed E-state index contributed by atoms with van der Waals surface area (Å²) in [7, 11) is 3.52. The smallest absolute Gasteiger partial charge is 0.317 e. The normalized spacial score (nSPS) is 12.7. The third kappa shape index (κ3) is 5.44. The molecule has 0 saturated heterocycles. The zero-order chi connectivity index (χ0) is 13.4. The summed E-state index contributed by atoms with van der Waals surface area (Å²) in [5, 5.41) is 20.2. The molecule has 0 bridgehead atoms. The Bertz CT molecular complexity index is 330. The zero-order valence-electron chi connectivity index (χ0n) is 11.2. The summed E-state index contributed by atoms with van der Waals surface area (Å²) >= 11 is 0. The van der Waals surface area contributed by atoms with E-state index in [1.54, 1.807) is 14.0 Å². The maximum absolute atomic E-state index is 9.20. The Balaban J connectivity index is 2.32. The van der Waals surface area contributed by atoms with Gasteiger partial charge in [-0.05, 0) is 13.3 Å². The number of aromatic nitrogens is 2.